The minimum atomic E-state index is -1.53. The Hall–Kier alpha value is -3.45. The van der Waals surface area contributed by atoms with Gasteiger partial charge in [0, 0.05) is 30.2 Å². The van der Waals surface area contributed by atoms with Crippen molar-refractivity contribution in [2.24, 2.45) is 5.92 Å². The molecule has 3 aromatic rings. The molecule has 2 heterocycles. The van der Waals surface area contributed by atoms with E-state index in [2.05, 4.69) is 9.97 Å². The van der Waals surface area contributed by atoms with Gasteiger partial charge in [-0.05, 0) is 0 Å². The Kier molecular flexibility index (Phi) is 4.67. The number of Topliss-reactive ketones (excluding diaryl/α,β-unsaturated/α-hetero) is 2. The molecule has 0 bridgehead atoms. The quantitative estimate of drug-likeness (QED) is 0.580. The summed E-state index contributed by atoms with van der Waals surface area (Å²) in [6, 6.07) is 10.9. The highest BCUT2D eigenvalue weighted by molar-refractivity contribution is 6.35. The monoisotopic (exact) mass is 450 g/mol. The molecular formula is C24H19ClN2O5. The zero-order valence-electron chi connectivity index (χ0n) is 17.6. The Morgan fingerprint density at radius 1 is 1.12 bits per heavy atom. The molecule has 162 valence electrons. The van der Waals surface area contributed by atoms with Crippen molar-refractivity contribution in [2.45, 2.75) is 18.9 Å². The number of ketones is 2. The number of hydrogen-bond donors (Lipinski definition) is 0. The number of benzene rings is 2. The van der Waals surface area contributed by atoms with Crippen molar-refractivity contribution in [2.75, 3.05) is 14.2 Å². The van der Waals surface area contributed by atoms with Crippen LogP contribution in [0.25, 0.3) is 11.4 Å². The molecule has 2 atom stereocenters. The minimum Gasteiger partial charge on any atom is -0.496 e. The zero-order valence-corrected chi connectivity index (χ0v) is 18.4. The Morgan fingerprint density at radius 2 is 1.84 bits per heavy atom. The molecule has 0 radical (unpaired) electrons. The molecule has 1 aromatic heterocycles. The van der Waals surface area contributed by atoms with E-state index in [1.54, 1.807) is 13.0 Å². The van der Waals surface area contributed by atoms with E-state index >= 15 is 0 Å². The standard InChI is InChI=1S/C24H19ClN2O5/c1-12-9-15(28)14-11-26-23(13-7-5-4-6-8-13)27-21(14)24(12)22(29)18-16(30-2)10-17(31-3)19(25)20(18)32-24/h4-8,10-12H,9H2,1-3H3/t12-,24+/m1/s1. The SMILES string of the molecule is COc1cc(OC)c2c(c1Cl)O[C@]1(C2=O)c2nc(-c3ccccc3)ncc2C(=O)C[C@H]1C. The van der Waals surface area contributed by atoms with E-state index in [0.717, 1.165) is 5.56 Å². The summed E-state index contributed by atoms with van der Waals surface area (Å²) in [6.07, 6.45) is 1.58. The lowest BCUT2D eigenvalue weighted by atomic mass is 9.72. The van der Waals surface area contributed by atoms with Crippen LogP contribution in [0.3, 0.4) is 0 Å². The maximum Gasteiger partial charge on any atom is 0.220 e. The molecule has 0 saturated carbocycles. The molecule has 0 fully saturated rings. The number of carbonyl (C=O) groups excluding carboxylic acids is 2. The van der Waals surface area contributed by atoms with Crippen molar-refractivity contribution in [3.05, 3.63) is 64.4 Å². The van der Waals surface area contributed by atoms with Gasteiger partial charge in [-0.1, -0.05) is 48.9 Å². The molecule has 2 aromatic carbocycles. The Balaban J connectivity index is 1.77. The summed E-state index contributed by atoms with van der Waals surface area (Å²) in [6.45, 7) is 1.80. The van der Waals surface area contributed by atoms with Gasteiger partial charge in [-0.3, -0.25) is 9.59 Å². The van der Waals surface area contributed by atoms with Gasteiger partial charge in [0.15, 0.2) is 17.4 Å². The maximum absolute atomic E-state index is 14.0. The zero-order chi connectivity index (χ0) is 22.6. The summed E-state index contributed by atoms with van der Waals surface area (Å²) in [5.41, 5.74) is -0.0394. The first-order valence-electron chi connectivity index (χ1n) is 10.1. The number of aromatic nitrogens is 2. The lowest BCUT2D eigenvalue weighted by Gasteiger charge is -2.37. The van der Waals surface area contributed by atoms with Crippen molar-refractivity contribution >= 4 is 23.2 Å². The molecular weight excluding hydrogens is 432 g/mol. The molecule has 1 aliphatic carbocycles. The molecule has 5 rings (SSSR count). The van der Waals surface area contributed by atoms with Crippen molar-refractivity contribution in [3.63, 3.8) is 0 Å². The molecule has 0 saturated heterocycles. The molecule has 32 heavy (non-hydrogen) atoms. The number of halogens is 1. The second-order valence-electron chi connectivity index (χ2n) is 7.82. The number of fused-ring (bicyclic) bond motifs is 3. The number of carbonyl (C=O) groups is 2. The fourth-order valence-corrected chi connectivity index (χ4v) is 4.71. The number of methoxy groups -OCH3 is 2. The second-order valence-corrected chi connectivity index (χ2v) is 8.19. The molecule has 0 amide bonds. The molecule has 1 spiro atoms. The van der Waals surface area contributed by atoms with Gasteiger partial charge in [-0.25, -0.2) is 9.97 Å². The Bertz CT molecular complexity index is 1280. The summed E-state index contributed by atoms with van der Waals surface area (Å²) in [7, 11) is 2.93. The molecule has 7 nitrogen and oxygen atoms in total. The van der Waals surface area contributed by atoms with Crippen molar-refractivity contribution in [1.82, 2.24) is 9.97 Å². The van der Waals surface area contributed by atoms with Crippen LogP contribution in [-0.2, 0) is 5.60 Å². The van der Waals surface area contributed by atoms with Crippen LogP contribution in [0.15, 0.2) is 42.6 Å². The van der Waals surface area contributed by atoms with Crippen molar-refractivity contribution in [1.29, 1.82) is 0 Å². The summed E-state index contributed by atoms with van der Waals surface area (Å²) in [5.74, 6) is 0.181. The summed E-state index contributed by atoms with van der Waals surface area (Å²) in [4.78, 5) is 35.9. The van der Waals surface area contributed by atoms with Crippen LogP contribution in [0.4, 0.5) is 0 Å². The fourth-order valence-electron chi connectivity index (χ4n) is 4.44. The average Bonchev–Trinajstić information content (AvgIpc) is 3.13. The average molecular weight is 451 g/mol. The van der Waals surface area contributed by atoms with Crippen LogP contribution in [0.1, 0.15) is 39.8 Å². The third-order valence-electron chi connectivity index (χ3n) is 6.08. The van der Waals surface area contributed by atoms with Crippen LogP contribution in [0.5, 0.6) is 17.2 Å². The summed E-state index contributed by atoms with van der Waals surface area (Å²) >= 11 is 6.52. The van der Waals surface area contributed by atoms with Crippen LogP contribution < -0.4 is 14.2 Å². The fraction of sp³-hybridized carbons (Fsp3) is 0.250. The first-order chi connectivity index (χ1) is 15.4. The number of ether oxygens (including phenoxy) is 3. The van der Waals surface area contributed by atoms with E-state index in [9.17, 15) is 9.59 Å². The topological polar surface area (TPSA) is 87.6 Å². The third kappa shape index (κ3) is 2.67. The Morgan fingerprint density at radius 3 is 2.53 bits per heavy atom. The highest BCUT2D eigenvalue weighted by Gasteiger charge is 2.60. The van der Waals surface area contributed by atoms with Gasteiger partial charge in [-0.2, -0.15) is 0 Å². The van der Waals surface area contributed by atoms with Crippen LogP contribution in [0, 0.1) is 5.92 Å². The highest BCUT2D eigenvalue weighted by atomic mass is 35.5. The first kappa shape index (κ1) is 20.5. The van der Waals surface area contributed by atoms with Gasteiger partial charge >= 0.3 is 0 Å². The molecule has 2 aliphatic rings. The number of hydrogen-bond acceptors (Lipinski definition) is 7. The third-order valence-corrected chi connectivity index (χ3v) is 6.44. The molecule has 0 N–H and O–H groups in total. The molecule has 8 heteroatoms. The van der Waals surface area contributed by atoms with Gasteiger partial charge in [0.05, 0.1) is 19.8 Å². The predicted octanol–water partition coefficient (Wildman–Crippen LogP) is 4.51. The molecule has 1 aliphatic heterocycles. The van der Waals surface area contributed by atoms with E-state index < -0.39 is 11.5 Å². The van der Waals surface area contributed by atoms with Crippen LogP contribution >= 0.6 is 11.6 Å². The van der Waals surface area contributed by atoms with Crippen LogP contribution in [-0.4, -0.2) is 35.8 Å². The van der Waals surface area contributed by atoms with Crippen molar-refractivity contribution in [3.8, 4) is 28.6 Å². The van der Waals surface area contributed by atoms with Crippen molar-refractivity contribution < 1.29 is 23.8 Å². The largest absolute Gasteiger partial charge is 0.496 e. The predicted molar refractivity (Wildman–Crippen MR) is 117 cm³/mol. The first-order valence-corrected chi connectivity index (χ1v) is 10.4. The van der Waals surface area contributed by atoms with Gasteiger partial charge < -0.3 is 14.2 Å². The summed E-state index contributed by atoms with van der Waals surface area (Å²) < 4.78 is 17.1. The van der Waals surface area contributed by atoms with Gasteiger partial charge in [0.1, 0.15) is 27.8 Å². The van der Waals surface area contributed by atoms with E-state index in [1.807, 2.05) is 30.3 Å². The second kappa shape index (κ2) is 7.31. The van der Waals surface area contributed by atoms with E-state index in [0.29, 0.717) is 11.6 Å². The van der Waals surface area contributed by atoms with Gasteiger partial charge in [-0.15, -0.1) is 0 Å². The minimum absolute atomic E-state index is 0.109. The molecule has 0 unspecified atom stereocenters. The van der Waals surface area contributed by atoms with Gasteiger partial charge in [0.2, 0.25) is 11.4 Å². The Labute approximate surface area is 189 Å². The van der Waals surface area contributed by atoms with Crippen LogP contribution in [0.2, 0.25) is 5.02 Å². The van der Waals surface area contributed by atoms with Gasteiger partial charge in [0.25, 0.3) is 0 Å². The smallest absolute Gasteiger partial charge is 0.220 e. The van der Waals surface area contributed by atoms with E-state index in [-0.39, 0.29) is 51.3 Å². The van der Waals surface area contributed by atoms with E-state index in [1.165, 1.54) is 20.4 Å². The normalized spacial score (nSPS) is 21.2. The maximum atomic E-state index is 14.0. The lowest BCUT2D eigenvalue weighted by molar-refractivity contribution is 0.0192. The highest BCUT2D eigenvalue weighted by Crippen LogP contribution is 2.56. The lowest BCUT2D eigenvalue weighted by Crippen LogP contribution is -2.49. The van der Waals surface area contributed by atoms with E-state index in [4.69, 9.17) is 25.8 Å². The number of rotatable bonds is 3. The summed E-state index contributed by atoms with van der Waals surface area (Å²) in [5, 5.41) is 0.163. The number of nitrogens with zero attached hydrogens (tertiary/aromatic N) is 2.